The van der Waals surface area contributed by atoms with Crippen LogP contribution in [0.2, 0.25) is 0 Å². The predicted octanol–water partition coefficient (Wildman–Crippen LogP) is 4.03. The van der Waals surface area contributed by atoms with E-state index in [-0.39, 0.29) is 5.91 Å². The lowest BCUT2D eigenvalue weighted by Crippen LogP contribution is -2.41. The number of hydrogen-bond acceptors (Lipinski definition) is 4. The van der Waals surface area contributed by atoms with Crippen molar-refractivity contribution in [2.75, 3.05) is 0 Å². The summed E-state index contributed by atoms with van der Waals surface area (Å²) in [6.45, 7) is 2.67. The van der Waals surface area contributed by atoms with Crippen molar-refractivity contribution in [3.05, 3.63) is 46.4 Å². The predicted molar refractivity (Wildman–Crippen MR) is 91.8 cm³/mol. The maximum atomic E-state index is 12.4. The van der Waals surface area contributed by atoms with Crippen molar-refractivity contribution >= 4 is 17.2 Å². The molecule has 1 saturated carbocycles. The molecule has 5 heteroatoms. The smallest absolute Gasteiger partial charge is 0.251 e. The Morgan fingerprint density at radius 3 is 2.78 bits per heavy atom. The third-order valence-corrected chi connectivity index (χ3v) is 5.05. The molecule has 23 heavy (non-hydrogen) atoms. The van der Waals surface area contributed by atoms with E-state index in [4.69, 9.17) is 4.74 Å². The molecule has 0 aliphatic heterocycles. The molecule has 0 spiro atoms. The highest BCUT2D eigenvalue weighted by Crippen LogP contribution is 2.24. The number of amides is 1. The Morgan fingerprint density at radius 2 is 2.09 bits per heavy atom. The van der Waals surface area contributed by atoms with Crippen LogP contribution in [0.4, 0.5) is 0 Å². The zero-order valence-electron chi connectivity index (χ0n) is 13.3. The molecule has 2 aromatic rings. The number of rotatable bonds is 5. The fourth-order valence-corrected chi connectivity index (χ4v) is 3.49. The van der Waals surface area contributed by atoms with Crippen molar-refractivity contribution in [1.29, 1.82) is 0 Å². The number of hydrogen-bond donors (Lipinski definition) is 1. The molecule has 1 aromatic heterocycles. The van der Waals surface area contributed by atoms with Crippen LogP contribution >= 0.6 is 11.3 Å². The van der Waals surface area contributed by atoms with Gasteiger partial charge in [0.25, 0.3) is 5.91 Å². The fourth-order valence-electron chi connectivity index (χ4n) is 2.95. The highest BCUT2D eigenvalue weighted by molar-refractivity contribution is 7.07. The number of benzene rings is 1. The van der Waals surface area contributed by atoms with Gasteiger partial charge in [-0.1, -0.05) is 19.8 Å². The van der Waals surface area contributed by atoms with Gasteiger partial charge in [0, 0.05) is 17.0 Å². The van der Waals surface area contributed by atoms with Gasteiger partial charge in [-0.3, -0.25) is 4.79 Å². The van der Waals surface area contributed by atoms with Crippen LogP contribution in [0.3, 0.4) is 0 Å². The van der Waals surface area contributed by atoms with Crippen LogP contribution in [0.5, 0.6) is 5.75 Å². The van der Waals surface area contributed by atoms with Gasteiger partial charge in [-0.05, 0) is 43.0 Å². The summed E-state index contributed by atoms with van der Waals surface area (Å²) in [6.07, 6.45) is 4.77. The minimum Gasteiger partial charge on any atom is -0.487 e. The largest absolute Gasteiger partial charge is 0.487 e. The Kier molecular flexibility index (Phi) is 5.28. The zero-order chi connectivity index (χ0) is 16.1. The lowest BCUT2D eigenvalue weighted by atomic mass is 9.86. The lowest BCUT2D eigenvalue weighted by molar-refractivity contribution is 0.0910. The number of ether oxygens (including phenoxy) is 1. The average molecular weight is 330 g/mol. The van der Waals surface area contributed by atoms with Gasteiger partial charge < -0.3 is 10.1 Å². The van der Waals surface area contributed by atoms with Crippen LogP contribution in [-0.2, 0) is 6.61 Å². The number of thiazole rings is 1. The van der Waals surface area contributed by atoms with Crippen molar-refractivity contribution in [2.24, 2.45) is 5.92 Å². The Morgan fingerprint density at radius 1 is 1.30 bits per heavy atom. The maximum absolute atomic E-state index is 12.4. The van der Waals surface area contributed by atoms with Crippen LogP contribution in [0.1, 0.15) is 48.7 Å². The summed E-state index contributed by atoms with van der Waals surface area (Å²) in [4.78, 5) is 16.5. The van der Waals surface area contributed by atoms with E-state index in [0.717, 1.165) is 17.9 Å². The van der Waals surface area contributed by atoms with Crippen molar-refractivity contribution in [1.82, 2.24) is 10.3 Å². The summed E-state index contributed by atoms with van der Waals surface area (Å²) in [5.74, 6) is 1.32. The second-order valence-corrected chi connectivity index (χ2v) is 6.85. The number of carbonyl (C=O) groups is 1. The molecular weight excluding hydrogens is 308 g/mol. The van der Waals surface area contributed by atoms with Crippen molar-refractivity contribution in [3.8, 4) is 5.75 Å². The van der Waals surface area contributed by atoms with Crippen LogP contribution in [-0.4, -0.2) is 16.9 Å². The monoisotopic (exact) mass is 330 g/mol. The van der Waals surface area contributed by atoms with E-state index in [9.17, 15) is 4.79 Å². The highest BCUT2D eigenvalue weighted by Gasteiger charge is 2.23. The molecule has 0 saturated heterocycles. The van der Waals surface area contributed by atoms with Gasteiger partial charge in [0.1, 0.15) is 12.4 Å². The molecule has 0 unspecified atom stereocenters. The number of nitrogens with one attached hydrogen (secondary N) is 1. The molecule has 3 rings (SSSR count). The van der Waals surface area contributed by atoms with Crippen LogP contribution in [0, 0.1) is 5.92 Å². The van der Waals surface area contributed by atoms with Crippen LogP contribution < -0.4 is 10.1 Å². The molecule has 1 heterocycles. The maximum Gasteiger partial charge on any atom is 0.251 e. The summed E-state index contributed by atoms with van der Waals surface area (Å²) >= 11 is 1.55. The Balaban J connectivity index is 1.54. The minimum atomic E-state index is 0.00908. The molecule has 122 valence electrons. The summed E-state index contributed by atoms with van der Waals surface area (Å²) in [7, 11) is 0. The van der Waals surface area contributed by atoms with E-state index >= 15 is 0 Å². The molecule has 1 amide bonds. The molecule has 1 aliphatic rings. The first-order valence-electron chi connectivity index (χ1n) is 8.13. The normalized spacial score (nSPS) is 20.9. The first-order valence-corrected chi connectivity index (χ1v) is 9.07. The summed E-state index contributed by atoms with van der Waals surface area (Å²) < 4.78 is 5.66. The van der Waals surface area contributed by atoms with Crippen molar-refractivity contribution < 1.29 is 9.53 Å². The molecule has 1 aromatic carbocycles. The van der Waals surface area contributed by atoms with Gasteiger partial charge in [-0.25, -0.2) is 4.98 Å². The zero-order valence-corrected chi connectivity index (χ0v) is 14.1. The van der Waals surface area contributed by atoms with Gasteiger partial charge >= 0.3 is 0 Å². The highest BCUT2D eigenvalue weighted by atomic mass is 32.1. The van der Waals surface area contributed by atoms with E-state index < -0.39 is 0 Å². The Bertz CT molecular complexity index is 625. The summed E-state index contributed by atoms with van der Waals surface area (Å²) in [5.41, 5.74) is 3.39. The number of aromatic nitrogens is 1. The second-order valence-electron chi connectivity index (χ2n) is 6.13. The van der Waals surface area contributed by atoms with Crippen LogP contribution in [0.25, 0.3) is 0 Å². The Hall–Kier alpha value is -1.88. The van der Waals surface area contributed by atoms with Gasteiger partial charge in [0.05, 0.1) is 11.2 Å². The topological polar surface area (TPSA) is 51.2 Å². The van der Waals surface area contributed by atoms with Gasteiger partial charge in [-0.15, -0.1) is 11.3 Å². The molecule has 1 aliphatic carbocycles. The summed E-state index contributed by atoms with van der Waals surface area (Å²) in [6, 6.07) is 7.62. The average Bonchev–Trinajstić information content (AvgIpc) is 3.09. The third kappa shape index (κ3) is 4.32. The standard InChI is InChI=1S/C18H22N2O2S/c1-13-4-2-3-5-17(13)20-18(21)14-6-8-16(9-7-14)22-10-15-11-23-12-19-15/h6-9,11-13,17H,2-5,10H2,1H3,(H,20,21)/t13-,17-/m1/s1. The van der Waals surface area contributed by atoms with Crippen LogP contribution in [0.15, 0.2) is 35.2 Å². The molecule has 2 atom stereocenters. The van der Waals surface area contributed by atoms with E-state index in [2.05, 4.69) is 17.2 Å². The molecular formula is C18H22N2O2S. The van der Waals surface area contributed by atoms with Gasteiger partial charge in [0.2, 0.25) is 0 Å². The first-order chi connectivity index (χ1) is 11.2. The molecule has 1 fully saturated rings. The van der Waals surface area contributed by atoms with Gasteiger partial charge in [-0.2, -0.15) is 0 Å². The van der Waals surface area contributed by atoms with E-state index in [1.54, 1.807) is 16.8 Å². The molecule has 1 N–H and O–H groups in total. The van der Waals surface area contributed by atoms with Crippen molar-refractivity contribution in [3.63, 3.8) is 0 Å². The summed E-state index contributed by atoms with van der Waals surface area (Å²) in [5, 5.41) is 5.14. The minimum absolute atomic E-state index is 0.00908. The quantitative estimate of drug-likeness (QED) is 0.900. The molecule has 4 nitrogen and oxygen atoms in total. The Labute approximate surface area is 140 Å². The van der Waals surface area contributed by atoms with E-state index in [1.165, 1.54) is 19.3 Å². The second kappa shape index (κ2) is 7.59. The third-order valence-electron chi connectivity index (χ3n) is 4.41. The van der Waals surface area contributed by atoms with E-state index in [1.807, 2.05) is 29.6 Å². The molecule has 0 radical (unpaired) electrons. The lowest BCUT2D eigenvalue weighted by Gasteiger charge is -2.29. The van der Waals surface area contributed by atoms with E-state index in [0.29, 0.717) is 24.1 Å². The molecule has 0 bridgehead atoms. The first kappa shape index (κ1) is 16.0. The fraction of sp³-hybridized carbons (Fsp3) is 0.444. The number of carbonyl (C=O) groups excluding carboxylic acids is 1. The van der Waals surface area contributed by atoms with Crippen molar-refractivity contribution in [2.45, 2.75) is 45.3 Å². The van der Waals surface area contributed by atoms with Gasteiger partial charge in [0.15, 0.2) is 0 Å². The SMILES string of the molecule is C[C@@H]1CCCC[C@H]1NC(=O)c1ccc(OCc2cscn2)cc1. The number of nitrogens with zero attached hydrogens (tertiary/aromatic N) is 1.